The average molecular weight is 689 g/mol. The van der Waals surface area contributed by atoms with E-state index in [4.69, 9.17) is 33.2 Å². The Morgan fingerprint density at radius 3 is 2.31 bits per heavy atom. The van der Waals surface area contributed by atoms with E-state index < -0.39 is 29.0 Å². The number of fused-ring (bicyclic) bond motifs is 4. The molecule has 5 aliphatic heterocycles. The molecule has 0 spiro atoms. The third-order valence-electron chi connectivity index (χ3n) is 12.0. The Balaban J connectivity index is 1.22. The zero-order valence-electron chi connectivity index (χ0n) is 31.1. The van der Waals surface area contributed by atoms with Crippen LogP contribution in [0.1, 0.15) is 112 Å². The second-order valence-electron chi connectivity index (χ2n) is 15.9. The van der Waals surface area contributed by atoms with Crippen LogP contribution in [-0.4, -0.2) is 102 Å². The molecule has 0 saturated carbocycles. The van der Waals surface area contributed by atoms with E-state index in [1.54, 1.807) is 20.3 Å². The molecule has 5 heterocycles. The largest absolute Gasteiger partial charge is 0.390 e. The maximum atomic E-state index is 11.7. The predicted molar refractivity (Wildman–Crippen MR) is 189 cm³/mol. The van der Waals surface area contributed by atoms with Gasteiger partial charge in [-0.3, -0.25) is 0 Å². The molecule has 5 aliphatic rings. The van der Waals surface area contributed by atoms with Crippen molar-refractivity contribution < 1.29 is 43.4 Å². The van der Waals surface area contributed by atoms with Crippen molar-refractivity contribution in [3.8, 4) is 0 Å². The van der Waals surface area contributed by atoms with Crippen LogP contribution in [0.2, 0.25) is 0 Å². The van der Waals surface area contributed by atoms with Crippen molar-refractivity contribution in [2.24, 2.45) is 0 Å². The normalized spacial score (nSPS) is 43.5. The molecular formula is C40H64O9. The summed E-state index contributed by atoms with van der Waals surface area (Å²) >= 11 is 0. The number of aliphatic hydroxyl groups is 2. The van der Waals surface area contributed by atoms with Gasteiger partial charge in [-0.1, -0.05) is 36.5 Å². The molecule has 49 heavy (non-hydrogen) atoms. The van der Waals surface area contributed by atoms with Gasteiger partial charge < -0.3 is 43.4 Å². The number of hydrogen-bond donors (Lipinski definition) is 2. The lowest BCUT2D eigenvalue weighted by atomic mass is 9.82. The molecule has 0 aromatic rings. The fourth-order valence-electron chi connectivity index (χ4n) is 8.74. The summed E-state index contributed by atoms with van der Waals surface area (Å²) in [7, 11) is 3.27. The second kappa shape index (κ2) is 16.5. The van der Waals surface area contributed by atoms with Crippen molar-refractivity contribution in [1.29, 1.82) is 0 Å². The molecule has 9 nitrogen and oxygen atoms in total. The van der Waals surface area contributed by atoms with Gasteiger partial charge in [0.05, 0.1) is 65.6 Å². The molecule has 5 rings (SSSR count). The van der Waals surface area contributed by atoms with Crippen molar-refractivity contribution in [1.82, 2.24) is 0 Å². The number of rotatable bonds is 11. The summed E-state index contributed by atoms with van der Waals surface area (Å²) in [5.41, 5.74) is 0.232. The minimum Gasteiger partial charge on any atom is -0.390 e. The Labute approximate surface area is 295 Å². The van der Waals surface area contributed by atoms with Crippen molar-refractivity contribution in [3.05, 3.63) is 48.1 Å². The maximum absolute atomic E-state index is 11.7. The van der Waals surface area contributed by atoms with Gasteiger partial charge in [0.25, 0.3) is 0 Å². The molecular weight excluding hydrogens is 624 g/mol. The molecule has 12 unspecified atom stereocenters. The first-order valence-electron chi connectivity index (χ1n) is 18.7. The summed E-state index contributed by atoms with van der Waals surface area (Å²) in [4.78, 5) is 0. The second-order valence-corrected chi connectivity index (χ2v) is 15.9. The monoisotopic (exact) mass is 688 g/mol. The topological polar surface area (TPSA) is 105 Å². The minimum atomic E-state index is -0.921. The number of methoxy groups -OCH3 is 2. The smallest absolute Gasteiger partial charge is 0.176 e. The Kier molecular flexibility index (Phi) is 13.1. The van der Waals surface area contributed by atoms with E-state index in [9.17, 15) is 10.2 Å². The number of ether oxygens (including phenoxy) is 7. The molecule has 0 radical (unpaired) electrons. The molecule has 12 atom stereocenters. The van der Waals surface area contributed by atoms with Crippen molar-refractivity contribution in [2.45, 2.75) is 190 Å². The van der Waals surface area contributed by atoms with Crippen molar-refractivity contribution in [3.63, 3.8) is 0 Å². The van der Waals surface area contributed by atoms with Gasteiger partial charge in [-0.2, -0.15) is 0 Å². The van der Waals surface area contributed by atoms with Crippen LogP contribution in [0.3, 0.4) is 0 Å². The molecule has 2 N–H and O–H groups in total. The SMILES string of the molecule is C=C/C=C/CCC1OC2CCC3(C)OC4C(O)CC5(C)OC(CC/C=C(C)/C(C)=C/C(OC)OC)CCC5OC4CC3OC2CCC1(C)O. The highest BCUT2D eigenvalue weighted by Gasteiger charge is 2.57. The van der Waals surface area contributed by atoms with E-state index in [1.807, 2.05) is 19.1 Å². The molecule has 9 heteroatoms. The van der Waals surface area contributed by atoms with E-state index in [2.05, 4.69) is 46.4 Å². The molecule has 0 amide bonds. The van der Waals surface area contributed by atoms with Crippen LogP contribution < -0.4 is 0 Å². The summed E-state index contributed by atoms with van der Waals surface area (Å²) in [6, 6.07) is 0. The van der Waals surface area contributed by atoms with Gasteiger partial charge in [0.1, 0.15) is 6.10 Å². The fraction of sp³-hybridized carbons (Fsp3) is 0.800. The molecule has 278 valence electrons. The van der Waals surface area contributed by atoms with Gasteiger partial charge in [-0.25, -0.2) is 0 Å². The van der Waals surface area contributed by atoms with Gasteiger partial charge in [0, 0.05) is 27.1 Å². The Hall–Kier alpha value is -1.40. The molecule has 0 aliphatic carbocycles. The standard InChI is InChI=1S/C40H64O9/c1-9-10-11-12-16-33-38(4,42)21-19-30-31(45-33)20-22-39(5)35(46-30)24-32-37(49-39)29(41)25-40(6)34(47-32)18-17-28(48-40)15-13-14-26(2)27(3)23-36(43-7)44-8/h9-11,14,23,28-37,41-42H,1,12-13,15-22,24-25H2,2-8H3/b11-10+,26-14+,27-23+. The summed E-state index contributed by atoms with van der Waals surface area (Å²) in [5, 5.41) is 23.1. The van der Waals surface area contributed by atoms with Crippen LogP contribution in [0.4, 0.5) is 0 Å². The molecule has 0 aromatic carbocycles. The maximum Gasteiger partial charge on any atom is 0.176 e. The first-order chi connectivity index (χ1) is 23.3. The first kappa shape index (κ1) is 38.8. The van der Waals surface area contributed by atoms with Crippen LogP contribution in [0.5, 0.6) is 0 Å². The lowest BCUT2D eigenvalue weighted by molar-refractivity contribution is -0.270. The summed E-state index contributed by atoms with van der Waals surface area (Å²) in [6.45, 7) is 14.1. The van der Waals surface area contributed by atoms with Crippen molar-refractivity contribution >= 4 is 0 Å². The number of aliphatic hydroxyl groups excluding tert-OH is 1. The highest BCUT2D eigenvalue weighted by molar-refractivity contribution is 5.27. The van der Waals surface area contributed by atoms with Gasteiger partial charge in [0.15, 0.2) is 6.29 Å². The van der Waals surface area contributed by atoms with Gasteiger partial charge in [0.2, 0.25) is 0 Å². The average Bonchev–Trinajstić information content (AvgIpc) is 3.32. The van der Waals surface area contributed by atoms with E-state index >= 15 is 0 Å². The van der Waals surface area contributed by atoms with Gasteiger partial charge in [-0.15, -0.1) is 0 Å². The molecule has 5 saturated heterocycles. The van der Waals surface area contributed by atoms with Crippen LogP contribution in [0, 0.1) is 0 Å². The lowest BCUT2D eigenvalue weighted by Gasteiger charge is -2.48. The first-order valence-corrected chi connectivity index (χ1v) is 18.7. The predicted octanol–water partition coefficient (Wildman–Crippen LogP) is 6.65. The number of hydrogen-bond acceptors (Lipinski definition) is 9. The van der Waals surface area contributed by atoms with E-state index in [-0.39, 0.29) is 49.0 Å². The van der Waals surface area contributed by atoms with E-state index in [0.29, 0.717) is 19.3 Å². The third kappa shape index (κ3) is 9.16. The minimum absolute atomic E-state index is 0.0929. The quantitative estimate of drug-likeness (QED) is 0.182. The summed E-state index contributed by atoms with van der Waals surface area (Å²) in [5.74, 6) is 0. The van der Waals surface area contributed by atoms with Gasteiger partial charge >= 0.3 is 0 Å². The van der Waals surface area contributed by atoms with Crippen LogP contribution in [0.25, 0.3) is 0 Å². The lowest BCUT2D eigenvalue weighted by Crippen LogP contribution is -2.59. The molecule has 0 bridgehead atoms. The van der Waals surface area contributed by atoms with Crippen LogP contribution >= 0.6 is 0 Å². The Morgan fingerprint density at radius 1 is 0.857 bits per heavy atom. The summed E-state index contributed by atoms with van der Waals surface area (Å²) < 4.78 is 44.7. The third-order valence-corrected chi connectivity index (χ3v) is 12.0. The zero-order valence-corrected chi connectivity index (χ0v) is 31.1. The van der Waals surface area contributed by atoms with E-state index in [0.717, 1.165) is 63.4 Å². The molecule has 0 aromatic heterocycles. The van der Waals surface area contributed by atoms with Crippen LogP contribution in [-0.2, 0) is 33.2 Å². The van der Waals surface area contributed by atoms with E-state index in [1.165, 1.54) is 5.57 Å². The zero-order chi connectivity index (χ0) is 35.4. The Morgan fingerprint density at radius 2 is 1.57 bits per heavy atom. The highest BCUT2D eigenvalue weighted by atomic mass is 16.7. The fourth-order valence-corrected chi connectivity index (χ4v) is 8.74. The summed E-state index contributed by atoms with van der Waals surface area (Å²) in [6.07, 6.45) is 16.6. The molecule has 5 fully saturated rings. The highest BCUT2D eigenvalue weighted by Crippen LogP contribution is 2.48. The number of allylic oxidation sites excluding steroid dienone is 6. The van der Waals surface area contributed by atoms with Crippen LogP contribution in [0.15, 0.2) is 48.1 Å². The Bertz CT molecular complexity index is 1190. The van der Waals surface area contributed by atoms with Gasteiger partial charge in [-0.05, 0) is 110 Å². The van der Waals surface area contributed by atoms with Crippen molar-refractivity contribution in [2.75, 3.05) is 14.2 Å².